The van der Waals surface area contributed by atoms with Crippen molar-refractivity contribution in [3.63, 3.8) is 0 Å². The maximum absolute atomic E-state index is 13.0. The van der Waals surface area contributed by atoms with Crippen molar-refractivity contribution in [1.29, 1.82) is 0 Å². The van der Waals surface area contributed by atoms with Gasteiger partial charge in [0, 0.05) is 33.7 Å². The number of hydrogen-bond acceptors (Lipinski definition) is 3. The van der Waals surface area contributed by atoms with Crippen LogP contribution >= 0.6 is 23.2 Å². The highest BCUT2D eigenvalue weighted by Crippen LogP contribution is 2.26. The van der Waals surface area contributed by atoms with Crippen LogP contribution in [-0.4, -0.2) is 28.6 Å². The molecule has 0 fully saturated rings. The SMILES string of the molecule is Cc1ccc(Cn2c(C)c(C=NNC(=O)C(NC(=O)c3ccc(Cl)cc3Cl)C(C)C)c3ccccc32)cc1. The van der Waals surface area contributed by atoms with Gasteiger partial charge in [0.25, 0.3) is 11.8 Å². The van der Waals surface area contributed by atoms with Gasteiger partial charge >= 0.3 is 0 Å². The van der Waals surface area contributed by atoms with E-state index in [-0.39, 0.29) is 16.5 Å². The van der Waals surface area contributed by atoms with Gasteiger partial charge in [-0.05, 0) is 49.6 Å². The number of hydrogen-bond donors (Lipinski definition) is 2. The van der Waals surface area contributed by atoms with Crippen molar-refractivity contribution in [1.82, 2.24) is 15.3 Å². The summed E-state index contributed by atoms with van der Waals surface area (Å²) in [7, 11) is 0. The van der Waals surface area contributed by atoms with Gasteiger partial charge in [0.2, 0.25) is 0 Å². The minimum atomic E-state index is -0.810. The molecule has 0 aliphatic carbocycles. The lowest BCUT2D eigenvalue weighted by Gasteiger charge is -2.20. The van der Waals surface area contributed by atoms with Crippen molar-refractivity contribution >= 4 is 52.1 Å². The smallest absolute Gasteiger partial charge is 0.262 e. The summed E-state index contributed by atoms with van der Waals surface area (Å²) in [6, 6.07) is 20.4. The number of aromatic nitrogens is 1. The van der Waals surface area contributed by atoms with Crippen LogP contribution in [0, 0.1) is 19.8 Å². The minimum Gasteiger partial charge on any atom is -0.340 e. The molecule has 1 atom stereocenters. The Morgan fingerprint density at radius 3 is 2.39 bits per heavy atom. The number of nitrogens with zero attached hydrogens (tertiary/aromatic N) is 2. The van der Waals surface area contributed by atoms with Crippen molar-refractivity contribution in [2.24, 2.45) is 11.0 Å². The molecular formula is C30H30Cl2N4O2. The van der Waals surface area contributed by atoms with Crippen LogP contribution in [0.5, 0.6) is 0 Å². The fourth-order valence-electron chi connectivity index (χ4n) is 4.36. The first-order chi connectivity index (χ1) is 18.2. The van der Waals surface area contributed by atoms with Gasteiger partial charge in [-0.3, -0.25) is 9.59 Å². The van der Waals surface area contributed by atoms with E-state index in [1.165, 1.54) is 23.3 Å². The quantitative estimate of drug-likeness (QED) is 0.194. The van der Waals surface area contributed by atoms with Gasteiger partial charge in [-0.15, -0.1) is 0 Å². The van der Waals surface area contributed by atoms with Crippen LogP contribution in [0.25, 0.3) is 10.9 Å². The van der Waals surface area contributed by atoms with E-state index in [4.69, 9.17) is 23.2 Å². The third kappa shape index (κ3) is 6.09. The fourth-order valence-corrected chi connectivity index (χ4v) is 4.85. The summed E-state index contributed by atoms with van der Waals surface area (Å²) in [4.78, 5) is 25.8. The molecule has 2 N–H and O–H groups in total. The molecule has 0 aliphatic rings. The van der Waals surface area contributed by atoms with E-state index >= 15 is 0 Å². The highest BCUT2D eigenvalue weighted by atomic mass is 35.5. The molecule has 0 spiro atoms. The summed E-state index contributed by atoms with van der Waals surface area (Å²) in [5.74, 6) is -1.06. The van der Waals surface area contributed by atoms with Crippen LogP contribution in [-0.2, 0) is 11.3 Å². The van der Waals surface area contributed by atoms with Crippen molar-refractivity contribution in [3.8, 4) is 0 Å². The van der Waals surface area contributed by atoms with Gasteiger partial charge in [-0.25, -0.2) is 5.43 Å². The number of carbonyl (C=O) groups excluding carboxylic acids is 2. The lowest BCUT2D eigenvalue weighted by Crippen LogP contribution is -2.48. The highest BCUT2D eigenvalue weighted by Gasteiger charge is 2.25. The first-order valence-electron chi connectivity index (χ1n) is 12.4. The van der Waals surface area contributed by atoms with Crippen molar-refractivity contribution < 1.29 is 9.59 Å². The predicted octanol–water partition coefficient (Wildman–Crippen LogP) is 6.52. The van der Waals surface area contributed by atoms with Crippen molar-refractivity contribution in [3.05, 3.63) is 105 Å². The third-order valence-electron chi connectivity index (χ3n) is 6.52. The molecule has 0 radical (unpaired) electrons. The van der Waals surface area contributed by atoms with Gasteiger partial charge in [-0.2, -0.15) is 5.10 Å². The minimum absolute atomic E-state index is 0.182. The van der Waals surface area contributed by atoms with Crippen LogP contribution in [0.2, 0.25) is 10.0 Å². The summed E-state index contributed by atoms with van der Waals surface area (Å²) in [6.07, 6.45) is 1.66. The molecule has 4 rings (SSSR count). The van der Waals surface area contributed by atoms with Gasteiger partial charge < -0.3 is 9.88 Å². The number of carbonyl (C=O) groups is 2. The standard InChI is InChI=1S/C30H30Cl2N4O2/c1-18(2)28(34-29(37)24-14-13-22(31)15-26(24)32)30(38)35-33-16-25-20(4)36(27-8-6-5-7-23(25)27)17-21-11-9-19(3)10-12-21/h5-16,18,28H,17H2,1-4H3,(H,34,37)(H,35,38). The topological polar surface area (TPSA) is 75.5 Å². The van der Waals surface area contributed by atoms with Gasteiger partial charge in [0.05, 0.1) is 16.8 Å². The molecule has 1 aromatic heterocycles. The number of amides is 2. The molecule has 1 unspecified atom stereocenters. The van der Waals surface area contributed by atoms with Gasteiger partial charge in [0.15, 0.2) is 0 Å². The Kier molecular flexibility index (Phi) is 8.55. The lowest BCUT2D eigenvalue weighted by atomic mass is 10.0. The van der Waals surface area contributed by atoms with E-state index in [0.29, 0.717) is 5.02 Å². The molecular weight excluding hydrogens is 519 g/mol. The molecule has 1 heterocycles. The average Bonchev–Trinajstić information content (AvgIpc) is 3.14. The van der Waals surface area contributed by atoms with E-state index in [2.05, 4.69) is 57.7 Å². The van der Waals surface area contributed by atoms with Gasteiger partial charge in [-0.1, -0.05) is 85.1 Å². The summed E-state index contributed by atoms with van der Waals surface area (Å²) >= 11 is 12.1. The predicted molar refractivity (Wildman–Crippen MR) is 155 cm³/mol. The number of para-hydroxylation sites is 1. The molecule has 0 bridgehead atoms. The third-order valence-corrected chi connectivity index (χ3v) is 7.07. The maximum Gasteiger partial charge on any atom is 0.262 e. The molecule has 4 aromatic rings. The molecule has 2 amide bonds. The summed E-state index contributed by atoms with van der Waals surface area (Å²) < 4.78 is 2.25. The number of halogens is 2. The second-order valence-corrected chi connectivity index (χ2v) is 10.5. The van der Waals surface area contributed by atoms with E-state index in [1.54, 1.807) is 12.3 Å². The van der Waals surface area contributed by atoms with E-state index < -0.39 is 17.9 Å². The lowest BCUT2D eigenvalue weighted by molar-refractivity contribution is -0.123. The first kappa shape index (κ1) is 27.4. The molecule has 0 saturated heterocycles. The molecule has 38 heavy (non-hydrogen) atoms. The Balaban J connectivity index is 1.53. The number of nitrogens with one attached hydrogen (secondary N) is 2. The molecule has 6 nitrogen and oxygen atoms in total. The van der Waals surface area contributed by atoms with E-state index in [0.717, 1.165) is 28.7 Å². The highest BCUT2D eigenvalue weighted by molar-refractivity contribution is 6.36. The number of rotatable bonds is 8. The second-order valence-electron chi connectivity index (χ2n) is 9.64. The zero-order chi connectivity index (χ0) is 27.4. The van der Waals surface area contributed by atoms with Crippen LogP contribution in [0.15, 0.2) is 71.8 Å². The first-order valence-corrected chi connectivity index (χ1v) is 13.1. The zero-order valence-electron chi connectivity index (χ0n) is 21.8. The Morgan fingerprint density at radius 1 is 1.00 bits per heavy atom. The molecule has 196 valence electrons. The number of benzene rings is 3. The van der Waals surface area contributed by atoms with Crippen LogP contribution in [0.4, 0.5) is 0 Å². The zero-order valence-corrected chi connectivity index (χ0v) is 23.3. The van der Waals surface area contributed by atoms with Crippen LogP contribution < -0.4 is 10.7 Å². The Hall–Kier alpha value is -3.61. The molecule has 3 aromatic carbocycles. The average molecular weight is 550 g/mol. The van der Waals surface area contributed by atoms with E-state index in [9.17, 15) is 9.59 Å². The van der Waals surface area contributed by atoms with Crippen LogP contribution in [0.3, 0.4) is 0 Å². The van der Waals surface area contributed by atoms with Crippen molar-refractivity contribution in [2.75, 3.05) is 0 Å². The summed E-state index contributed by atoms with van der Waals surface area (Å²) in [6.45, 7) is 8.54. The van der Waals surface area contributed by atoms with Crippen LogP contribution in [0.1, 0.15) is 46.6 Å². The summed E-state index contributed by atoms with van der Waals surface area (Å²) in [5, 5.41) is 8.71. The van der Waals surface area contributed by atoms with Crippen molar-refractivity contribution in [2.45, 2.75) is 40.3 Å². The number of aryl methyl sites for hydroxylation is 1. The normalized spacial score (nSPS) is 12.3. The Morgan fingerprint density at radius 2 is 1.71 bits per heavy atom. The summed E-state index contributed by atoms with van der Waals surface area (Å²) in [5.41, 5.74) is 8.32. The Labute approximate surface area is 232 Å². The Bertz CT molecular complexity index is 1510. The van der Waals surface area contributed by atoms with Gasteiger partial charge in [0.1, 0.15) is 6.04 Å². The molecule has 0 aliphatic heterocycles. The monoisotopic (exact) mass is 548 g/mol. The number of fused-ring (bicyclic) bond motifs is 1. The number of hydrazone groups is 1. The fraction of sp³-hybridized carbons (Fsp3) is 0.233. The largest absolute Gasteiger partial charge is 0.340 e. The molecule has 8 heteroatoms. The second kappa shape index (κ2) is 11.8. The maximum atomic E-state index is 13.0. The molecule has 0 saturated carbocycles. The van der Waals surface area contributed by atoms with E-state index in [1.807, 2.05) is 39.0 Å².